The molecule has 0 aliphatic carbocycles. The van der Waals surface area contributed by atoms with Crippen molar-refractivity contribution in [3.05, 3.63) is 82.9 Å². The van der Waals surface area contributed by atoms with Crippen LogP contribution in [0.25, 0.3) is 0 Å². The maximum absolute atomic E-state index is 13.6. The number of ether oxygens (including phenoxy) is 3. The molecule has 0 unspecified atom stereocenters. The smallest absolute Gasteiger partial charge is 0.345 e. The monoisotopic (exact) mass is 545 g/mol. The number of nitrogens with zero attached hydrogens (tertiary/aromatic N) is 1. The molecular formula is C32H35NO7. The molecule has 3 rings (SSSR count). The van der Waals surface area contributed by atoms with Crippen molar-refractivity contribution < 1.29 is 33.4 Å². The van der Waals surface area contributed by atoms with Crippen LogP contribution in [0.5, 0.6) is 0 Å². The summed E-state index contributed by atoms with van der Waals surface area (Å²) in [6.45, 7) is 7.10. The second-order valence-corrected chi connectivity index (χ2v) is 10.7. The van der Waals surface area contributed by atoms with Crippen LogP contribution < -0.4 is 0 Å². The Labute approximate surface area is 235 Å². The van der Waals surface area contributed by atoms with E-state index in [-0.39, 0.29) is 26.2 Å². The van der Waals surface area contributed by atoms with Gasteiger partial charge >= 0.3 is 11.9 Å². The number of rotatable bonds is 13. The minimum atomic E-state index is -1.09. The molecule has 2 aromatic carbocycles. The van der Waals surface area contributed by atoms with Gasteiger partial charge in [-0.05, 0) is 51.7 Å². The molecule has 0 saturated carbocycles. The van der Waals surface area contributed by atoms with Gasteiger partial charge in [0, 0.05) is 18.6 Å². The molecule has 0 fully saturated rings. The van der Waals surface area contributed by atoms with Crippen molar-refractivity contribution in [2.45, 2.75) is 71.3 Å². The molecule has 0 saturated heterocycles. The SMILES string of the molecule is C#CCCC(C)(C)OCCC(C)(C)N1C(=O)C(C(=O)OCc2ccccc2)=C(C(=O)OCc2ccccc2)C1=O. The van der Waals surface area contributed by atoms with Crippen molar-refractivity contribution in [1.29, 1.82) is 0 Å². The van der Waals surface area contributed by atoms with Crippen LogP contribution in [0.3, 0.4) is 0 Å². The molecule has 0 spiro atoms. The van der Waals surface area contributed by atoms with E-state index in [0.717, 1.165) is 4.90 Å². The minimum Gasteiger partial charge on any atom is -0.457 e. The van der Waals surface area contributed by atoms with Crippen LogP contribution in [0.15, 0.2) is 71.8 Å². The zero-order chi connectivity index (χ0) is 29.3. The summed E-state index contributed by atoms with van der Waals surface area (Å²) in [7, 11) is 0. The Kier molecular flexibility index (Phi) is 10.0. The fourth-order valence-electron chi connectivity index (χ4n) is 4.18. The van der Waals surface area contributed by atoms with Crippen LogP contribution in [0, 0.1) is 12.3 Å². The number of benzene rings is 2. The van der Waals surface area contributed by atoms with Crippen LogP contribution in [0.2, 0.25) is 0 Å². The summed E-state index contributed by atoms with van der Waals surface area (Å²) >= 11 is 0. The first-order valence-corrected chi connectivity index (χ1v) is 13.1. The Bertz CT molecular complexity index is 1230. The Morgan fingerprint density at radius 2 is 1.23 bits per heavy atom. The summed E-state index contributed by atoms with van der Waals surface area (Å²) < 4.78 is 16.7. The number of carbonyl (C=O) groups excluding carboxylic acids is 4. The molecule has 2 amide bonds. The largest absolute Gasteiger partial charge is 0.457 e. The molecule has 0 radical (unpaired) electrons. The van der Waals surface area contributed by atoms with Crippen LogP contribution in [0.4, 0.5) is 0 Å². The van der Waals surface area contributed by atoms with Gasteiger partial charge in [0.15, 0.2) is 0 Å². The molecule has 1 heterocycles. The van der Waals surface area contributed by atoms with Crippen molar-refractivity contribution in [1.82, 2.24) is 4.90 Å². The van der Waals surface area contributed by atoms with E-state index in [2.05, 4.69) is 5.92 Å². The quantitative estimate of drug-likeness (QED) is 0.158. The summed E-state index contributed by atoms with van der Waals surface area (Å²) in [4.78, 5) is 54.4. The van der Waals surface area contributed by atoms with E-state index in [1.165, 1.54) is 0 Å². The topological polar surface area (TPSA) is 99.2 Å². The van der Waals surface area contributed by atoms with Gasteiger partial charge in [0.2, 0.25) is 0 Å². The van der Waals surface area contributed by atoms with E-state index in [0.29, 0.717) is 24.0 Å². The molecule has 0 N–H and O–H groups in total. The fourth-order valence-corrected chi connectivity index (χ4v) is 4.18. The van der Waals surface area contributed by atoms with Gasteiger partial charge in [-0.1, -0.05) is 60.7 Å². The van der Waals surface area contributed by atoms with Gasteiger partial charge in [0.1, 0.15) is 24.4 Å². The third kappa shape index (κ3) is 7.67. The number of terminal acetylenes is 1. The van der Waals surface area contributed by atoms with Gasteiger partial charge in [-0.25, -0.2) is 9.59 Å². The van der Waals surface area contributed by atoms with E-state index in [1.54, 1.807) is 62.4 Å². The summed E-state index contributed by atoms with van der Waals surface area (Å²) in [6.07, 6.45) is 6.80. The molecule has 210 valence electrons. The molecule has 1 aliphatic heterocycles. The summed E-state index contributed by atoms with van der Waals surface area (Å²) in [5.74, 6) is -1.37. The van der Waals surface area contributed by atoms with Gasteiger partial charge in [-0.3, -0.25) is 14.5 Å². The van der Waals surface area contributed by atoms with Gasteiger partial charge in [0.25, 0.3) is 11.8 Å². The molecule has 0 atom stereocenters. The average Bonchev–Trinajstić information content (AvgIpc) is 3.20. The second-order valence-electron chi connectivity index (χ2n) is 10.7. The summed E-state index contributed by atoms with van der Waals surface area (Å²) in [5, 5.41) is 0. The van der Waals surface area contributed by atoms with E-state index < -0.39 is 46.0 Å². The van der Waals surface area contributed by atoms with E-state index in [1.807, 2.05) is 26.0 Å². The van der Waals surface area contributed by atoms with E-state index >= 15 is 0 Å². The molecule has 40 heavy (non-hydrogen) atoms. The highest BCUT2D eigenvalue weighted by Gasteiger charge is 2.51. The lowest BCUT2D eigenvalue weighted by Crippen LogP contribution is -2.50. The lowest BCUT2D eigenvalue weighted by Gasteiger charge is -2.35. The first-order chi connectivity index (χ1) is 19.0. The normalized spacial score (nSPS) is 13.8. The molecule has 8 nitrogen and oxygen atoms in total. The minimum absolute atomic E-state index is 0.138. The molecule has 1 aliphatic rings. The number of hydrogen-bond donors (Lipinski definition) is 0. The van der Waals surface area contributed by atoms with Crippen molar-refractivity contribution in [2.75, 3.05) is 6.61 Å². The predicted molar refractivity (Wildman–Crippen MR) is 148 cm³/mol. The third-order valence-corrected chi connectivity index (χ3v) is 6.60. The maximum Gasteiger partial charge on any atom is 0.345 e. The Hall–Kier alpha value is -4.22. The number of carbonyl (C=O) groups is 4. The highest BCUT2D eigenvalue weighted by molar-refractivity contribution is 6.38. The lowest BCUT2D eigenvalue weighted by atomic mass is 9.97. The molecule has 8 heteroatoms. The number of imide groups is 1. The van der Waals surface area contributed by atoms with Gasteiger partial charge < -0.3 is 14.2 Å². The van der Waals surface area contributed by atoms with Crippen molar-refractivity contribution in [2.24, 2.45) is 0 Å². The number of amides is 2. The van der Waals surface area contributed by atoms with Crippen LogP contribution >= 0.6 is 0 Å². The highest BCUT2D eigenvalue weighted by Crippen LogP contribution is 2.32. The average molecular weight is 546 g/mol. The van der Waals surface area contributed by atoms with E-state index in [4.69, 9.17) is 20.6 Å². The zero-order valence-corrected chi connectivity index (χ0v) is 23.4. The van der Waals surface area contributed by atoms with Crippen molar-refractivity contribution >= 4 is 23.8 Å². The molecule has 0 bridgehead atoms. The predicted octanol–water partition coefficient (Wildman–Crippen LogP) is 4.52. The molecular weight excluding hydrogens is 510 g/mol. The fraction of sp³-hybridized carbons (Fsp3) is 0.375. The lowest BCUT2D eigenvalue weighted by molar-refractivity contribution is -0.147. The van der Waals surface area contributed by atoms with Crippen molar-refractivity contribution in [3.63, 3.8) is 0 Å². The standard InChI is InChI=1S/C32H35NO7/c1-6-7-18-32(4,5)40-20-19-31(2,3)33-27(34)25(29(36)38-21-23-14-10-8-11-15-23)26(28(33)35)30(37)39-22-24-16-12-9-13-17-24/h1,8-17H,7,18-22H2,2-5H3. The Morgan fingerprint density at radius 1 is 0.775 bits per heavy atom. The number of esters is 2. The van der Waals surface area contributed by atoms with Crippen LogP contribution in [-0.2, 0) is 46.6 Å². The van der Waals surface area contributed by atoms with E-state index in [9.17, 15) is 19.2 Å². The third-order valence-electron chi connectivity index (χ3n) is 6.60. The van der Waals surface area contributed by atoms with Gasteiger partial charge in [-0.15, -0.1) is 12.3 Å². The molecule has 0 aromatic heterocycles. The maximum atomic E-state index is 13.6. The number of hydrogen-bond acceptors (Lipinski definition) is 7. The Morgan fingerprint density at radius 3 is 1.65 bits per heavy atom. The Balaban J connectivity index is 1.82. The highest BCUT2D eigenvalue weighted by atomic mass is 16.5. The molecule has 2 aromatic rings. The van der Waals surface area contributed by atoms with Crippen LogP contribution in [-0.4, -0.2) is 46.4 Å². The van der Waals surface area contributed by atoms with Gasteiger partial charge in [0.05, 0.1) is 5.60 Å². The summed E-state index contributed by atoms with van der Waals surface area (Å²) in [6, 6.07) is 17.7. The second kappa shape index (κ2) is 13.2. The zero-order valence-electron chi connectivity index (χ0n) is 23.4. The summed E-state index contributed by atoms with van der Waals surface area (Å²) in [5.41, 5.74) is -1.50. The van der Waals surface area contributed by atoms with Gasteiger partial charge in [-0.2, -0.15) is 0 Å². The van der Waals surface area contributed by atoms with Crippen LogP contribution in [0.1, 0.15) is 58.1 Å². The first-order valence-electron chi connectivity index (χ1n) is 13.1. The van der Waals surface area contributed by atoms with Crippen molar-refractivity contribution in [3.8, 4) is 12.3 Å². The first kappa shape index (κ1) is 30.3.